The Morgan fingerprint density at radius 3 is 1.45 bits per heavy atom. The van der Waals surface area contributed by atoms with Gasteiger partial charge in [0.1, 0.15) is 48.3 Å². The number of carboxylic acid groups (broad SMARTS) is 3. The molecular formula is C46H76N12O16. The molecule has 1 rings (SSSR count). The lowest BCUT2D eigenvalue weighted by Crippen LogP contribution is -2.62. The van der Waals surface area contributed by atoms with Gasteiger partial charge in [0.05, 0.1) is 31.3 Å². The largest absolute Gasteiger partial charge is 0.481 e. The first-order valence-electron chi connectivity index (χ1n) is 24.1. The Morgan fingerprint density at radius 1 is 0.527 bits per heavy atom. The van der Waals surface area contributed by atoms with Gasteiger partial charge in [0.25, 0.3) is 0 Å². The smallest absolute Gasteiger partial charge is 0.326 e. The molecular weight excluding hydrogens is 977 g/mol. The van der Waals surface area contributed by atoms with Crippen molar-refractivity contribution in [2.24, 2.45) is 35.1 Å². The fourth-order valence-corrected chi connectivity index (χ4v) is 7.23. The molecule has 0 aliphatic heterocycles. The Hall–Kier alpha value is -7.23. The first-order valence-corrected chi connectivity index (χ1v) is 24.1. The highest BCUT2D eigenvalue weighted by atomic mass is 16.4. The van der Waals surface area contributed by atoms with Crippen LogP contribution in [0.1, 0.15) is 113 Å². The number of carboxylic acids is 3. The predicted octanol–water partition coefficient (Wildman–Crippen LogP) is -3.37. The zero-order valence-corrected chi connectivity index (χ0v) is 43.2. The van der Waals surface area contributed by atoms with E-state index in [2.05, 4.69) is 52.5 Å². The monoisotopic (exact) mass is 1050 g/mol. The number of aliphatic carboxylic acids is 3. The summed E-state index contributed by atoms with van der Waals surface area (Å²) in [6.07, 6.45) is -2.24. The maximum Gasteiger partial charge on any atom is 0.326 e. The number of H-pyrrole nitrogens is 1. The van der Waals surface area contributed by atoms with Crippen molar-refractivity contribution in [2.75, 3.05) is 0 Å². The van der Waals surface area contributed by atoms with E-state index in [9.17, 15) is 78.0 Å². The van der Waals surface area contributed by atoms with Crippen LogP contribution >= 0.6 is 0 Å². The van der Waals surface area contributed by atoms with Crippen molar-refractivity contribution in [3.63, 3.8) is 0 Å². The van der Waals surface area contributed by atoms with E-state index in [1.54, 1.807) is 41.5 Å². The first kappa shape index (κ1) is 64.8. The van der Waals surface area contributed by atoms with Crippen molar-refractivity contribution in [3.8, 4) is 0 Å². The minimum absolute atomic E-state index is 0.0206. The van der Waals surface area contributed by atoms with Crippen molar-refractivity contribution >= 4 is 71.1 Å². The Kier molecular flexibility index (Phi) is 27.5. The van der Waals surface area contributed by atoms with Crippen molar-refractivity contribution < 1.29 is 78.0 Å². The summed E-state index contributed by atoms with van der Waals surface area (Å²) in [5.41, 5.74) is 11.7. The molecule has 0 unspecified atom stereocenters. The van der Waals surface area contributed by atoms with Crippen LogP contribution < -0.4 is 54.0 Å². The molecule has 28 heteroatoms. The van der Waals surface area contributed by atoms with Gasteiger partial charge in [0.2, 0.25) is 53.2 Å². The van der Waals surface area contributed by atoms with Crippen molar-refractivity contribution in [1.82, 2.24) is 52.5 Å². The predicted molar refractivity (Wildman–Crippen MR) is 261 cm³/mol. The number of aromatic amines is 1. The number of rotatable bonds is 34. The summed E-state index contributed by atoms with van der Waals surface area (Å²) in [4.78, 5) is 163. The zero-order valence-electron chi connectivity index (χ0n) is 43.2. The summed E-state index contributed by atoms with van der Waals surface area (Å²) in [6, 6.07) is -14.2. The van der Waals surface area contributed by atoms with Crippen molar-refractivity contribution in [2.45, 2.75) is 174 Å². The number of hydrogen-bond acceptors (Lipinski definition) is 15. The lowest BCUT2D eigenvalue weighted by molar-refractivity contribution is -0.143. The van der Waals surface area contributed by atoms with Crippen LogP contribution in [0.5, 0.6) is 0 Å². The van der Waals surface area contributed by atoms with E-state index >= 15 is 0 Å². The molecule has 10 atom stereocenters. The van der Waals surface area contributed by atoms with E-state index in [0.717, 1.165) is 6.92 Å². The highest BCUT2D eigenvalue weighted by Crippen LogP contribution is 2.12. The van der Waals surface area contributed by atoms with E-state index in [4.69, 9.17) is 11.5 Å². The molecule has 1 heterocycles. The molecule has 0 aliphatic rings. The number of aliphatic hydroxyl groups is 1. The molecule has 0 saturated carbocycles. The quantitative estimate of drug-likeness (QED) is 0.0320. The molecule has 0 bridgehead atoms. The van der Waals surface area contributed by atoms with Gasteiger partial charge in [-0.1, -0.05) is 55.4 Å². The molecule has 0 saturated heterocycles. The Balaban J connectivity index is 3.48. The van der Waals surface area contributed by atoms with Gasteiger partial charge in [0, 0.05) is 24.7 Å². The molecule has 0 spiro atoms. The Bertz CT molecular complexity index is 2120. The highest BCUT2D eigenvalue weighted by Gasteiger charge is 2.38. The van der Waals surface area contributed by atoms with Gasteiger partial charge in [-0.2, -0.15) is 0 Å². The molecule has 17 N–H and O–H groups in total. The molecule has 9 amide bonds. The molecule has 28 nitrogen and oxygen atoms in total. The number of hydrogen-bond donors (Lipinski definition) is 15. The second kappa shape index (κ2) is 31.4. The van der Waals surface area contributed by atoms with Crippen molar-refractivity contribution in [3.05, 3.63) is 18.2 Å². The number of nitrogens with two attached hydrogens (primary N) is 2. The maximum atomic E-state index is 14.0. The normalized spacial score (nSPS) is 15.4. The number of imidazole rings is 1. The number of aliphatic hydroxyl groups excluding tert-OH is 1. The van der Waals surface area contributed by atoms with E-state index in [1.165, 1.54) is 26.4 Å². The molecule has 0 fully saturated rings. The van der Waals surface area contributed by atoms with Crippen LogP contribution in [-0.4, -0.2) is 162 Å². The van der Waals surface area contributed by atoms with Gasteiger partial charge >= 0.3 is 17.9 Å². The Labute approximate surface area is 428 Å². The summed E-state index contributed by atoms with van der Waals surface area (Å²) in [7, 11) is 0. The molecule has 0 aromatic carbocycles. The molecule has 416 valence electrons. The SMILES string of the molecule is CC(C)C[C@H](NC(=O)[C@H](Cc1cnc[nH]1)NC(=O)[C@H](CC(C)C)NC(=O)[C@H](CC(N)=O)NC(=O)[C@H](CCC(=O)O)NC(=O)[C@@H](NC(=O)[C@H](CC(=O)O)NC(=O)[C@@H](NC(=O)[C@@H](N)CC(C)C)[C@@H](C)O)C(C)C)C(=O)O. The van der Waals surface area contributed by atoms with E-state index in [1.807, 2.05) is 0 Å². The molecule has 1 aromatic heterocycles. The minimum atomic E-state index is -1.92. The highest BCUT2D eigenvalue weighted by molar-refractivity contribution is 5.99. The van der Waals surface area contributed by atoms with Gasteiger partial charge in [-0.3, -0.25) is 52.7 Å². The third-order valence-electron chi connectivity index (χ3n) is 11.0. The summed E-state index contributed by atoms with van der Waals surface area (Å²) in [5, 5.41) is 57.9. The summed E-state index contributed by atoms with van der Waals surface area (Å²) < 4.78 is 0. The van der Waals surface area contributed by atoms with Gasteiger partial charge in [0.15, 0.2) is 0 Å². The van der Waals surface area contributed by atoms with Crippen LogP contribution in [0.2, 0.25) is 0 Å². The standard InChI is InChI=1S/C46H76N12O16/c1-20(2)12-26(47)38(65)58-37(24(9)59)45(72)55-31(17-35(63)64)43(70)57-36(23(7)8)44(71)51-27(10-11-34(61)62)39(66)54-30(16-33(48)60)42(69)52-28(13-21(3)4)40(67)53-29(15-25-18-49-19-50-25)41(68)56-32(46(73)74)14-22(5)6/h18-24,26-32,36-37,59H,10-17,47H2,1-9H3,(H2,48,60)(H,49,50)(H,51,71)(H,52,69)(H,53,67)(H,54,66)(H,55,72)(H,56,68)(H,57,70)(H,58,65)(H,61,62)(H,63,64)(H,73,74)/t24-,26+,27+,28+,29+,30+,31+,32+,36+,37+/m1/s1. The van der Waals surface area contributed by atoms with E-state index in [0.29, 0.717) is 5.69 Å². The fraction of sp³-hybridized carbons (Fsp3) is 0.674. The first-order chi connectivity index (χ1) is 34.3. The zero-order chi connectivity index (χ0) is 56.7. The lowest BCUT2D eigenvalue weighted by atomic mass is 10.00. The molecule has 0 aliphatic carbocycles. The number of nitrogens with zero attached hydrogens (tertiary/aromatic N) is 1. The average molecular weight is 1050 g/mol. The number of aromatic nitrogens is 2. The van der Waals surface area contributed by atoms with Gasteiger partial charge < -0.3 is 79.4 Å². The molecule has 74 heavy (non-hydrogen) atoms. The summed E-state index contributed by atoms with van der Waals surface area (Å²) in [6.45, 7) is 14.5. The molecule has 1 aromatic rings. The number of nitrogens with one attached hydrogen (secondary N) is 9. The number of primary amides is 1. The lowest BCUT2D eigenvalue weighted by Gasteiger charge is -2.29. The van der Waals surface area contributed by atoms with Gasteiger partial charge in [-0.25, -0.2) is 9.78 Å². The van der Waals surface area contributed by atoms with E-state index in [-0.39, 0.29) is 43.4 Å². The van der Waals surface area contributed by atoms with Gasteiger partial charge in [-0.15, -0.1) is 0 Å². The number of carbonyl (C=O) groups is 12. The summed E-state index contributed by atoms with van der Waals surface area (Å²) in [5.74, 6) is -15.4. The van der Waals surface area contributed by atoms with Crippen molar-refractivity contribution in [1.29, 1.82) is 0 Å². The Morgan fingerprint density at radius 2 is 0.959 bits per heavy atom. The average Bonchev–Trinajstić information content (AvgIpc) is 3.79. The summed E-state index contributed by atoms with van der Waals surface area (Å²) >= 11 is 0. The van der Waals surface area contributed by atoms with Crippen LogP contribution in [0.15, 0.2) is 12.5 Å². The van der Waals surface area contributed by atoms with Crippen LogP contribution in [0.25, 0.3) is 0 Å². The van der Waals surface area contributed by atoms with E-state index < -0.39 is 163 Å². The van der Waals surface area contributed by atoms with Crippen LogP contribution in [0.3, 0.4) is 0 Å². The topological polar surface area (TPSA) is 463 Å². The third-order valence-corrected chi connectivity index (χ3v) is 11.0. The molecule has 0 radical (unpaired) electrons. The second-order valence-corrected chi connectivity index (χ2v) is 19.6. The number of carbonyl (C=O) groups excluding carboxylic acids is 9. The fourth-order valence-electron chi connectivity index (χ4n) is 7.23. The second-order valence-electron chi connectivity index (χ2n) is 19.6. The van der Waals surface area contributed by atoms with Crippen LogP contribution in [0.4, 0.5) is 0 Å². The minimum Gasteiger partial charge on any atom is -0.481 e. The van der Waals surface area contributed by atoms with Crippen LogP contribution in [-0.2, 0) is 64.0 Å². The van der Waals surface area contributed by atoms with Crippen LogP contribution in [0, 0.1) is 23.7 Å². The third kappa shape index (κ3) is 24.0. The van der Waals surface area contributed by atoms with Gasteiger partial charge in [-0.05, 0) is 56.3 Å². The maximum absolute atomic E-state index is 14.0. The number of amides is 9.